The highest BCUT2D eigenvalue weighted by molar-refractivity contribution is 6.31. The summed E-state index contributed by atoms with van der Waals surface area (Å²) in [5, 5.41) is 3.54. The molecule has 172 valence electrons. The Morgan fingerprint density at radius 1 is 0.971 bits per heavy atom. The molecular weight excluding hydrogens is 454 g/mol. The van der Waals surface area contributed by atoms with Crippen LogP contribution in [0.5, 0.6) is 23.3 Å². The molecule has 0 saturated carbocycles. The van der Waals surface area contributed by atoms with E-state index in [0.29, 0.717) is 33.5 Å². The maximum absolute atomic E-state index is 12.9. The Kier molecular flexibility index (Phi) is 7.25. The van der Waals surface area contributed by atoms with Gasteiger partial charge < -0.3 is 19.5 Å². The van der Waals surface area contributed by atoms with E-state index < -0.39 is 0 Å². The van der Waals surface area contributed by atoms with Gasteiger partial charge in [-0.05, 0) is 61.0 Å². The summed E-state index contributed by atoms with van der Waals surface area (Å²) in [4.78, 5) is 21.0. The molecule has 0 unspecified atom stereocenters. The highest BCUT2D eigenvalue weighted by Gasteiger charge is 2.14. The maximum Gasteiger partial charge on any atom is 0.321 e. The number of ether oxygens (including phenoxy) is 3. The third-order valence-electron chi connectivity index (χ3n) is 4.96. The van der Waals surface area contributed by atoms with E-state index in [1.807, 2.05) is 25.1 Å². The van der Waals surface area contributed by atoms with Gasteiger partial charge in [-0.2, -0.15) is 0 Å². The van der Waals surface area contributed by atoms with Crippen molar-refractivity contribution < 1.29 is 19.0 Å². The molecule has 1 amide bonds. The highest BCUT2D eigenvalue weighted by Crippen LogP contribution is 2.30. The van der Waals surface area contributed by atoms with Crippen molar-refractivity contribution in [2.45, 2.75) is 13.5 Å². The largest absolute Gasteiger partial charge is 0.493 e. The second-order valence-electron chi connectivity index (χ2n) is 7.31. The first-order valence-electron chi connectivity index (χ1n) is 10.4. The lowest BCUT2D eigenvalue weighted by Crippen LogP contribution is -2.13. The SMILES string of the molecule is COc1cc(C(=O)Nc2ccc(Oc3ncccn3)cc2C)ccc1OCc1ccccc1Cl. The number of aromatic nitrogens is 2. The fourth-order valence-electron chi connectivity index (χ4n) is 3.18. The maximum atomic E-state index is 12.9. The van der Waals surface area contributed by atoms with E-state index in [4.69, 9.17) is 25.8 Å². The van der Waals surface area contributed by atoms with Crippen molar-refractivity contribution in [2.75, 3.05) is 12.4 Å². The van der Waals surface area contributed by atoms with Gasteiger partial charge in [0.25, 0.3) is 5.91 Å². The summed E-state index contributed by atoms with van der Waals surface area (Å²) < 4.78 is 16.9. The van der Waals surface area contributed by atoms with Crippen molar-refractivity contribution >= 4 is 23.2 Å². The van der Waals surface area contributed by atoms with E-state index in [-0.39, 0.29) is 18.5 Å². The fraction of sp³-hybridized carbons (Fsp3) is 0.115. The number of halogens is 1. The van der Waals surface area contributed by atoms with Gasteiger partial charge in [0, 0.05) is 34.2 Å². The summed E-state index contributed by atoms with van der Waals surface area (Å²) in [7, 11) is 1.53. The first-order chi connectivity index (χ1) is 16.5. The molecule has 0 radical (unpaired) electrons. The fourth-order valence-corrected chi connectivity index (χ4v) is 3.37. The van der Waals surface area contributed by atoms with Crippen molar-refractivity contribution in [3.63, 3.8) is 0 Å². The summed E-state index contributed by atoms with van der Waals surface area (Å²) in [6.45, 7) is 2.16. The van der Waals surface area contributed by atoms with Crippen LogP contribution in [0.2, 0.25) is 5.02 Å². The van der Waals surface area contributed by atoms with Gasteiger partial charge in [-0.25, -0.2) is 9.97 Å². The number of amides is 1. The number of hydrogen-bond acceptors (Lipinski definition) is 6. The number of anilines is 1. The average Bonchev–Trinajstić information content (AvgIpc) is 2.85. The number of benzene rings is 3. The molecule has 4 aromatic rings. The zero-order valence-corrected chi connectivity index (χ0v) is 19.4. The molecule has 0 aliphatic heterocycles. The molecule has 0 fully saturated rings. The van der Waals surface area contributed by atoms with Crippen molar-refractivity contribution in [3.05, 3.63) is 101 Å². The van der Waals surface area contributed by atoms with Gasteiger partial charge in [0.05, 0.1) is 7.11 Å². The second kappa shape index (κ2) is 10.7. The van der Waals surface area contributed by atoms with Gasteiger partial charge in [0.15, 0.2) is 11.5 Å². The lowest BCUT2D eigenvalue weighted by atomic mass is 10.1. The first-order valence-corrected chi connectivity index (χ1v) is 10.8. The summed E-state index contributed by atoms with van der Waals surface area (Å²) in [6, 6.07) is 19.7. The van der Waals surface area contributed by atoms with Crippen molar-refractivity contribution in [1.29, 1.82) is 0 Å². The normalized spacial score (nSPS) is 10.4. The van der Waals surface area contributed by atoms with E-state index in [2.05, 4.69) is 15.3 Å². The smallest absolute Gasteiger partial charge is 0.321 e. The topological polar surface area (TPSA) is 82.6 Å². The standard InChI is InChI=1S/C26H22ClN3O4/c1-17-14-20(34-26-28-12-5-13-29-26)9-10-22(17)30-25(31)18-8-11-23(24(15-18)32-2)33-16-19-6-3-4-7-21(19)27/h3-15H,16H2,1-2H3,(H,30,31). The minimum absolute atomic E-state index is 0.252. The quantitative estimate of drug-likeness (QED) is 0.333. The van der Waals surface area contributed by atoms with Crippen LogP contribution in [-0.4, -0.2) is 23.0 Å². The summed E-state index contributed by atoms with van der Waals surface area (Å²) >= 11 is 6.19. The van der Waals surface area contributed by atoms with Crippen LogP contribution in [0.15, 0.2) is 79.1 Å². The van der Waals surface area contributed by atoms with Crippen LogP contribution in [0.4, 0.5) is 5.69 Å². The van der Waals surface area contributed by atoms with Crippen LogP contribution in [0.1, 0.15) is 21.5 Å². The summed E-state index contributed by atoms with van der Waals surface area (Å²) in [5.74, 6) is 1.25. The predicted octanol–water partition coefficient (Wildman–Crippen LogP) is 6.07. The minimum atomic E-state index is -0.279. The molecule has 0 atom stereocenters. The zero-order chi connectivity index (χ0) is 23.9. The number of carbonyl (C=O) groups is 1. The Morgan fingerprint density at radius 3 is 2.50 bits per heavy atom. The molecular formula is C26H22ClN3O4. The van der Waals surface area contributed by atoms with Crippen LogP contribution >= 0.6 is 11.6 Å². The Labute approximate surface area is 202 Å². The number of aryl methyl sites for hydroxylation is 1. The average molecular weight is 476 g/mol. The molecule has 3 aromatic carbocycles. The van der Waals surface area contributed by atoms with Crippen LogP contribution in [0.25, 0.3) is 0 Å². The third-order valence-corrected chi connectivity index (χ3v) is 5.33. The van der Waals surface area contributed by atoms with Crippen LogP contribution in [0.3, 0.4) is 0 Å². The minimum Gasteiger partial charge on any atom is -0.493 e. The molecule has 0 aliphatic carbocycles. The van der Waals surface area contributed by atoms with E-state index in [1.165, 1.54) is 7.11 Å². The lowest BCUT2D eigenvalue weighted by Gasteiger charge is -2.14. The van der Waals surface area contributed by atoms with Crippen molar-refractivity contribution in [2.24, 2.45) is 0 Å². The second-order valence-corrected chi connectivity index (χ2v) is 7.72. The summed E-state index contributed by atoms with van der Waals surface area (Å²) in [6.07, 6.45) is 3.20. The van der Waals surface area contributed by atoms with Gasteiger partial charge in [-0.1, -0.05) is 29.8 Å². The van der Waals surface area contributed by atoms with E-state index >= 15 is 0 Å². The van der Waals surface area contributed by atoms with Gasteiger partial charge in [-0.3, -0.25) is 4.79 Å². The number of methoxy groups -OCH3 is 1. The molecule has 0 spiro atoms. The Morgan fingerprint density at radius 2 is 1.76 bits per heavy atom. The Bertz CT molecular complexity index is 1300. The highest BCUT2D eigenvalue weighted by atomic mass is 35.5. The van der Waals surface area contributed by atoms with E-state index in [0.717, 1.165) is 11.1 Å². The number of carbonyl (C=O) groups excluding carboxylic acids is 1. The number of rotatable bonds is 8. The van der Waals surface area contributed by atoms with Crippen LogP contribution in [0, 0.1) is 6.92 Å². The van der Waals surface area contributed by atoms with Gasteiger partial charge in [0.1, 0.15) is 12.4 Å². The van der Waals surface area contributed by atoms with Crippen LogP contribution < -0.4 is 19.5 Å². The molecule has 0 bridgehead atoms. The van der Waals surface area contributed by atoms with E-state index in [1.54, 1.807) is 60.9 Å². The Hall–Kier alpha value is -4.10. The van der Waals surface area contributed by atoms with Gasteiger partial charge in [-0.15, -0.1) is 0 Å². The molecule has 1 heterocycles. The molecule has 34 heavy (non-hydrogen) atoms. The first kappa shape index (κ1) is 23.1. The molecule has 8 heteroatoms. The molecule has 0 saturated heterocycles. The van der Waals surface area contributed by atoms with E-state index in [9.17, 15) is 4.79 Å². The number of nitrogens with one attached hydrogen (secondary N) is 1. The molecule has 0 aliphatic rings. The monoisotopic (exact) mass is 475 g/mol. The molecule has 1 aromatic heterocycles. The Balaban J connectivity index is 1.44. The van der Waals surface area contributed by atoms with Gasteiger partial charge >= 0.3 is 6.01 Å². The van der Waals surface area contributed by atoms with Crippen LogP contribution in [-0.2, 0) is 6.61 Å². The lowest BCUT2D eigenvalue weighted by molar-refractivity contribution is 0.102. The predicted molar refractivity (Wildman–Crippen MR) is 130 cm³/mol. The van der Waals surface area contributed by atoms with Crippen molar-refractivity contribution in [1.82, 2.24) is 9.97 Å². The third kappa shape index (κ3) is 5.63. The summed E-state index contributed by atoms with van der Waals surface area (Å²) in [5.41, 5.74) is 2.77. The molecule has 4 rings (SSSR count). The van der Waals surface area contributed by atoms with Crippen molar-refractivity contribution in [3.8, 4) is 23.3 Å². The number of hydrogen-bond donors (Lipinski definition) is 1. The number of nitrogens with zero attached hydrogens (tertiary/aromatic N) is 2. The zero-order valence-electron chi connectivity index (χ0n) is 18.6. The molecule has 7 nitrogen and oxygen atoms in total. The van der Waals surface area contributed by atoms with Gasteiger partial charge in [0.2, 0.25) is 0 Å². The molecule has 1 N–H and O–H groups in total.